The maximum absolute atomic E-state index is 9.23. The predicted octanol–water partition coefficient (Wildman–Crippen LogP) is 1.11. The summed E-state index contributed by atoms with van der Waals surface area (Å²) in [6, 6.07) is 2.33. The van der Waals surface area contributed by atoms with Crippen molar-refractivity contribution in [2.24, 2.45) is 11.7 Å². The molecular formula is C14H21N5. The van der Waals surface area contributed by atoms with Gasteiger partial charge in [0.1, 0.15) is 11.4 Å². The standard InChI is InChI=1S/C14H21N5/c15-11-14(16)4-1-2-12(14)3-6-18-8-9-19-7-5-17-13(19)10-18/h5,7,12H,1-4,6,8-10,16H2. The van der Waals surface area contributed by atoms with Crippen molar-refractivity contribution in [2.45, 2.75) is 44.3 Å². The molecule has 19 heavy (non-hydrogen) atoms. The van der Waals surface area contributed by atoms with Crippen molar-refractivity contribution in [2.75, 3.05) is 13.1 Å². The summed E-state index contributed by atoms with van der Waals surface area (Å²) >= 11 is 0. The quantitative estimate of drug-likeness (QED) is 0.882. The van der Waals surface area contributed by atoms with E-state index in [0.717, 1.165) is 57.7 Å². The molecule has 102 valence electrons. The highest BCUT2D eigenvalue weighted by atomic mass is 15.2. The Kier molecular flexibility index (Phi) is 3.29. The van der Waals surface area contributed by atoms with Crippen LogP contribution in [0.4, 0.5) is 0 Å². The van der Waals surface area contributed by atoms with E-state index in [-0.39, 0.29) is 0 Å². The molecule has 2 atom stereocenters. The lowest BCUT2D eigenvalue weighted by Crippen LogP contribution is -2.43. The van der Waals surface area contributed by atoms with E-state index in [1.165, 1.54) is 0 Å². The lowest BCUT2D eigenvalue weighted by atomic mass is 9.87. The second-order valence-electron chi connectivity index (χ2n) is 5.84. The van der Waals surface area contributed by atoms with Gasteiger partial charge in [-0.25, -0.2) is 4.98 Å². The Hall–Kier alpha value is -1.38. The zero-order valence-electron chi connectivity index (χ0n) is 11.3. The van der Waals surface area contributed by atoms with Crippen molar-refractivity contribution < 1.29 is 0 Å². The summed E-state index contributed by atoms with van der Waals surface area (Å²) in [7, 11) is 0. The van der Waals surface area contributed by atoms with Crippen LogP contribution in [0.15, 0.2) is 12.4 Å². The minimum atomic E-state index is -0.575. The third kappa shape index (κ3) is 2.38. The highest BCUT2D eigenvalue weighted by Gasteiger charge is 2.39. The summed E-state index contributed by atoms with van der Waals surface area (Å²) in [4.78, 5) is 6.80. The van der Waals surface area contributed by atoms with Gasteiger partial charge in [-0.15, -0.1) is 0 Å². The van der Waals surface area contributed by atoms with Crippen LogP contribution in [-0.4, -0.2) is 33.1 Å². The monoisotopic (exact) mass is 259 g/mol. The molecule has 0 bridgehead atoms. The molecule has 5 heteroatoms. The smallest absolute Gasteiger partial charge is 0.122 e. The first-order valence-electron chi connectivity index (χ1n) is 7.14. The molecule has 1 fully saturated rings. The van der Waals surface area contributed by atoms with E-state index in [1.54, 1.807) is 0 Å². The van der Waals surface area contributed by atoms with Gasteiger partial charge in [0.25, 0.3) is 0 Å². The van der Waals surface area contributed by atoms with Gasteiger partial charge in [-0.2, -0.15) is 5.26 Å². The van der Waals surface area contributed by atoms with Crippen LogP contribution in [-0.2, 0) is 13.1 Å². The fourth-order valence-electron chi connectivity index (χ4n) is 3.40. The SMILES string of the molecule is N#CC1(N)CCCC1CCN1CCn2ccnc2C1. The average molecular weight is 259 g/mol. The highest BCUT2D eigenvalue weighted by molar-refractivity contribution is 5.12. The molecule has 2 heterocycles. The average Bonchev–Trinajstić information content (AvgIpc) is 3.03. The number of hydrogen-bond acceptors (Lipinski definition) is 4. The molecule has 2 aliphatic rings. The molecule has 0 aromatic carbocycles. The van der Waals surface area contributed by atoms with Gasteiger partial charge in [0.05, 0.1) is 12.6 Å². The Morgan fingerprint density at radius 1 is 1.53 bits per heavy atom. The summed E-state index contributed by atoms with van der Waals surface area (Å²) in [5.41, 5.74) is 5.61. The van der Waals surface area contributed by atoms with E-state index in [2.05, 4.69) is 20.5 Å². The number of hydrogen-bond donors (Lipinski definition) is 1. The summed E-state index contributed by atoms with van der Waals surface area (Å²) in [6.07, 6.45) is 8.01. The first-order valence-corrected chi connectivity index (χ1v) is 7.14. The van der Waals surface area contributed by atoms with E-state index < -0.39 is 5.54 Å². The van der Waals surface area contributed by atoms with Gasteiger partial charge in [0, 0.05) is 25.5 Å². The molecular weight excluding hydrogens is 238 g/mol. The summed E-state index contributed by atoms with van der Waals surface area (Å²) in [5.74, 6) is 1.51. The molecule has 2 unspecified atom stereocenters. The van der Waals surface area contributed by atoms with Crippen molar-refractivity contribution in [3.8, 4) is 6.07 Å². The van der Waals surface area contributed by atoms with Crippen LogP contribution < -0.4 is 5.73 Å². The molecule has 1 aliphatic carbocycles. The normalized spacial score (nSPS) is 31.1. The fraction of sp³-hybridized carbons (Fsp3) is 0.714. The van der Waals surface area contributed by atoms with Gasteiger partial charge in [-0.3, -0.25) is 4.90 Å². The third-order valence-corrected chi connectivity index (χ3v) is 4.70. The van der Waals surface area contributed by atoms with Crippen LogP contribution in [0.5, 0.6) is 0 Å². The molecule has 1 aromatic rings. The lowest BCUT2D eigenvalue weighted by molar-refractivity contribution is 0.194. The van der Waals surface area contributed by atoms with E-state index in [4.69, 9.17) is 5.73 Å². The molecule has 0 amide bonds. The summed E-state index contributed by atoms with van der Waals surface area (Å²) in [5, 5.41) is 9.23. The van der Waals surface area contributed by atoms with Crippen LogP contribution in [0.3, 0.4) is 0 Å². The van der Waals surface area contributed by atoms with Gasteiger partial charge < -0.3 is 10.3 Å². The van der Waals surface area contributed by atoms with Gasteiger partial charge in [0.15, 0.2) is 0 Å². The molecule has 2 N–H and O–H groups in total. The zero-order chi connectivity index (χ0) is 13.3. The second-order valence-corrected chi connectivity index (χ2v) is 5.84. The van der Waals surface area contributed by atoms with Crippen LogP contribution in [0.1, 0.15) is 31.5 Å². The van der Waals surface area contributed by atoms with E-state index >= 15 is 0 Å². The van der Waals surface area contributed by atoms with Crippen molar-refractivity contribution >= 4 is 0 Å². The van der Waals surface area contributed by atoms with Gasteiger partial charge in [-0.05, 0) is 31.7 Å². The topological polar surface area (TPSA) is 70.9 Å². The van der Waals surface area contributed by atoms with E-state index in [0.29, 0.717) is 5.92 Å². The van der Waals surface area contributed by atoms with Crippen molar-refractivity contribution in [3.63, 3.8) is 0 Å². The Morgan fingerprint density at radius 2 is 2.42 bits per heavy atom. The van der Waals surface area contributed by atoms with Crippen LogP contribution in [0.2, 0.25) is 0 Å². The number of rotatable bonds is 3. The predicted molar refractivity (Wildman–Crippen MR) is 72.0 cm³/mol. The van der Waals surface area contributed by atoms with Crippen LogP contribution >= 0.6 is 0 Å². The number of nitrogens with zero attached hydrogens (tertiary/aromatic N) is 4. The molecule has 0 radical (unpaired) electrons. The first-order chi connectivity index (χ1) is 9.21. The lowest BCUT2D eigenvalue weighted by Gasteiger charge is -2.30. The maximum atomic E-state index is 9.23. The van der Waals surface area contributed by atoms with Crippen molar-refractivity contribution in [3.05, 3.63) is 18.2 Å². The fourth-order valence-corrected chi connectivity index (χ4v) is 3.40. The molecule has 5 nitrogen and oxygen atoms in total. The Morgan fingerprint density at radius 3 is 3.26 bits per heavy atom. The largest absolute Gasteiger partial charge is 0.333 e. The number of nitriles is 1. The van der Waals surface area contributed by atoms with Crippen molar-refractivity contribution in [1.29, 1.82) is 5.26 Å². The Bertz CT molecular complexity index is 488. The van der Waals surface area contributed by atoms with Crippen LogP contribution in [0, 0.1) is 17.2 Å². The van der Waals surface area contributed by atoms with Crippen LogP contribution in [0.25, 0.3) is 0 Å². The van der Waals surface area contributed by atoms with Gasteiger partial charge in [0.2, 0.25) is 0 Å². The van der Waals surface area contributed by atoms with E-state index in [1.807, 2.05) is 12.4 Å². The summed E-state index contributed by atoms with van der Waals surface area (Å²) in [6.45, 7) is 4.04. The van der Waals surface area contributed by atoms with Gasteiger partial charge in [-0.1, -0.05) is 6.42 Å². The summed E-state index contributed by atoms with van der Waals surface area (Å²) < 4.78 is 2.22. The Balaban J connectivity index is 1.55. The van der Waals surface area contributed by atoms with E-state index in [9.17, 15) is 5.26 Å². The number of imidazole rings is 1. The molecule has 1 aliphatic heterocycles. The molecule has 3 rings (SSSR count). The molecule has 0 spiro atoms. The zero-order valence-corrected chi connectivity index (χ0v) is 11.3. The minimum absolute atomic E-state index is 0.360. The minimum Gasteiger partial charge on any atom is -0.333 e. The number of nitrogens with two attached hydrogens (primary N) is 1. The molecule has 1 saturated carbocycles. The maximum Gasteiger partial charge on any atom is 0.122 e. The number of fused-ring (bicyclic) bond motifs is 1. The molecule has 0 saturated heterocycles. The first kappa shape index (κ1) is 12.6. The van der Waals surface area contributed by atoms with Gasteiger partial charge >= 0.3 is 0 Å². The number of aromatic nitrogens is 2. The third-order valence-electron chi connectivity index (χ3n) is 4.70. The Labute approximate surface area is 114 Å². The van der Waals surface area contributed by atoms with Crippen molar-refractivity contribution in [1.82, 2.24) is 14.5 Å². The molecule has 1 aromatic heterocycles. The highest BCUT2D eigenvalue weighted by Crippen LogP contribution is 2.35. The second kappa shape index (κ2) is 4.95.